The number of hydrogen-bond acceptors (Lipinski definition) is 6. The van der Waals surface area contributed by atoms with Crippen LogP contribution in [0.4, 0.5) is 0 Å². The molecular formula is C17H28N2O4S. The van der Waals surface area contributed by atoms with E-state index in [1.54, 1.807) is 24.5 Å². The molecule has 0 fully saturated rings. The summed E-state index contributed by atoms with van der Waals surface area (Å²) in [6, 6.07) is 0. The van der Waals surface area contributed by atoms with Crippen molar-refractivity contribution in [2.75, 3.05) is 13.1 Å². The lowest BCUT2D eigenvalue weighted by Gasteiger charge is -2.24. The molecule has 0 saturated heterocycles. The van der Waals surface area contributed by atoms with Crippen molar-refractivity contribution < 1.29 is 19.4 Å². The summed E-state index contributed by atoms with van der Waals surface area (Å²) < 4.78 is 5.39. The standard InChI is InChI=1S/C17H28N2O4S/c1-13(16(21)22)7-5-6-9-19(11-14-18-8-10-24-14)12-15(20)23-17(2,3)4/h8,10,13H,5-7,9,11-12H2,1-4H3,(H,21,22)/t13-/m0/s1. The van der Waals surface area contributed by atoms with Crippen molar-refractivity contribution in [1.29, 1.82) is 0 Å². The molecule has 1 aromatic heterocycles. The van der Waals surface area contributed by atoms with Crippen molar-refractivity contribution in [3.63, 3.8) is 0 Å². The minimum absolute atomic E-state index is 0.214. The van der Waals surface area contributed by atoms with Crippen LogP contribution in [0.1, 0.15) is 52.0 Å². The number of nitrogens with zero attached hydrogens (tertiary/aromatic N) is 2. The maximum atomic E-state index is 12.1. The van der Waals surface area contributed by atoms with Gasteiger partial charge in [0.1, 0.15) is 10.6 Å². The van der Waals surface area contributed by atoms with Crippen molar-refractivity contribution in [1.82, 2.24) is 9.88 Å². The molecule has 1 N–H and O–H groups in total. The lowest BCUT2D eigenvalue weighted by molar-refractivity contribution is -0.156. The minimum Gasteiger partial charge on any atom is -0.481 e. The van der Waals surface area contributed by atoms with E-state index < -0.39 is 11.6 Å². The van der Waals surface area contributed by atoms with E-state index in [4.69, 9.17) is 9.84 Å². The molecule has 0 saturated carbocycles. The van der Waals surface area contributed by atoms with Gasteiger partial charge in [-0.05, 0) is 40.2 Å². The van der Waals surface area contributed by atoms with Crippen LogP contribution in [-0.4, -0.2) is 45.6 Å². The maximum Gasteiger partial charge on any atom is 0.320 e. The molecule has 1 rings (SSSR count). The van der Waals surface area contributed by atoms with E-state index in [0.717, 1.165) is 17.8 Å². The Kier molecular flexibility index (Phi) is 8.35. The molecule has 0 aromatic carbocycles. The van der Waals surface area contributed by atoms with Gasteiger partial charge in [-0.25, -0.2) is 4.98 Å². The summed E-state index contributed by atoms with van der Waals surface area (Å²) in [7, 11) is 0. The Labute approximate surface area is 147 Å². The van der Waals surface area contributed by atoms with Gasteiger partial charge in [0.15, 0.2) is 0 Å². The summed E-state index contributed by atoms with van der Waals surface area (Å²) in [5, 5.41) is 11.8. The monoisotopic (exact) mass is 356 g/mol. The summed E-state index contributed by atoms with van der Waals surface area (Å²) in [4.78, 5) is 29.2. The molecule has 136 valence electrons. The average molecular weight is 356 g/mol. The Morgan fingerprint density at radius 1 is 1.38 bits per heavy atom. The number of aliphatic carboxylic acids is 1. The van der Waals surface area contributed by atoms with Gasteiger partial charge < -0.3 is 9.84 Å². The third-order valence-electron chi connectivity index (χ3n) is 3.40. The molecule has 0 aliphatic heterocycles. The summed E-state index contributed by atoms with van der Waals surface area (Å²) >= 11 is 1.56. The van der Waals surface area contributed by atoms with E-state index in [2.05, 4.69) is 4.98 Å². The van der Waals surface area contributed by atoms with E-state index >= 15 is 0 Å². The molecule has 0 aliphatic rings. The topological polar surface area (TPSA) is 79.7 Å². The minimum atomic E-state index is -0.761. The molecule has 0 aliphatic carbocycles. The zero-order chi connectivity index (χ0) is 18.2. The molecule has 1 aromatic rings. The fourth-order valence-corrected chi connectivity index (χ4v) is 2.86. The predicted octanol–water partition coefficient (Wildman–Crippen LogP) is 3.18. The highest BCUT2D eigenvalue weighted by Gasteiger charge is 2.20. The van der Waals surface area contributed by atoms with Crippen LogP contribution >= 0.6 is 11.3 Å². The Bertz CT molecular complexity index is 511. The number of thiazole rings is 1. The van der Waals surface area contributed by atoms with Crippen LogP contribution in [0, 0.1) is 5.92 Å². The number of hydrogen-bond donors (Lipinski definition) is 1. The summed E-state index contributed by atoms with van der Waals surface area (Å²) in [5.74, 6) is -1.34. The second-order valence-corrected chi connectivity index (χ2v) is 7.94. The second-order valence-electron chi connectivity index (χ2n) is 6.96. The van der Waals surface area contributed by atoms with Gasteiger partial charge in [-0.1, -0.05) is 13.3 Å². The Morgan fingerprint density at radius 3 is 2.62 bits per heavy atom. The first-order valence-corrected chi connectivity index (χ1v) is 9.10. The SMILES string of the molecule is C[C@@H](CCCCN(CC(=O)OC(C)(C)C)Cc1nccs1)C(=O)O. The van der Waals surface area contributed by atoms with Gasteiger partial charge in [-0.2, -0.15) is 0 Å². The molecule has 6 nitrogen and oxygen atoms in total. The zero-order valence-electron chi connectivity index (χ0n) is 14.9. The van der Waals surface area contributed by atoms with Crippen LogP contribution in [0.2, 0.25) is 0 Å². The lowest BCUT2D eigenvalue weighted by atomic mass is 10.0. The van der Waals surface area contributed by atoms with Gasteiger partial charge in [-0.3, -0.25) is 14.5 Å². The molecule has 0 radical (unpaired) electrons. The summed E-state index contributed by atoms with van der Waals surface area (Å²) in [6.07, 6.45) is 4.05. The average Bonchev–Trinajstić information content (AvgIpc) is 2.93. The number of aromatic nitrogens is 1. The number of ether oxygens (including phenoxy) is 1. The highest BCUT2D eigenvalue weighted by molar-refractivity contribution is 7.09. The molecule has 7 heteroatoms. The normalized spacial score (nSPS) is 13.0. The van der Waals surface area contributed by atoms with Crippen molar-refractivity contribution in [3.8, 4) is 0 Å². The van der Waals surface area contributed by atoms with Crippen LogP contribution in [0.15, 0.2) is 11.6 Å². The summed E-state index contributed by atoms with van der Waals surface area (Å²) in [6.45, 7) is 8.80. The van der Waals surface area contributed by atoms with E-state index in [1.807, 2.05) is 31.1 Å². The van der Waals surface area contributed by atoms with Crippen LogP contribution in [0.25, 0.3) is 0 Å². The molecular weight excluding hydrogens is 328 g/mol. The van der Waals surface area contributed by atoms with Crippen molar-refractivity contribution >= 4 is 23.3 Å². The van der Waals surface area contributed by atoms with E-state index in [0.29, 0.717) is 19.5 Å². The highest BCUT2D eigenvalue weighted by atomic mass is 32.1. The van der Waals surface area contributed by atoms with Crippen LogP contribution in [-0.2, 0) is 20.9 Å². The number of carbonyl (C=O) groups excluding carboxylic acids is 1. The van der Waals surface area contributed by atoms with Crippen LogP contribution in [0.3, 0.4) is 0 Å². The van der Waals surface area contributed by atoms with Crippen molar-refractivity contribution in [3.05, 3.63) is 16.6 Å². The first-order valence-electron chi connectivity index (χ1n) is 8.23. The molecule has 1 atom stereocenters. The third-order valence-corrected chi connectivity index (χ3v) is 4.16. The van der Waals surface area contributed by atoms with Gasteiger partial charge in [0.2, 0.25) is 0 Å². The lowest BCUT2D eigenvalue weighted by Crippen LogP contribution is -2.35. The number of carboxylic acid groups (broad SMARTS) is 1. The van der Waals surface area contributed by atoms with Crippen molar-refractivity contribution in [2.24, 2.45) is 5.92 Å². The Morgan fingerprint density at radius 2 is 2.08 bits per heavy atom. The van der Waals surface area contributed by atoms with Gasteiger partial charge >= 0.3 is 11.9 Å². The first kappa shape index (κ1) is 20.6. The molecule has 0 spiro atoms. The maximum absolute atomic E-state index is 12.1. The highest BCUT2D eigenvalue weighted by Crippen LogP contribution is 2.13. The van der Waals surface area contributed by atoms with E-state index in [-0.39, 0.29) is 18.4 Å². The Hall–Kier alpha value is -1.47. The van der Waals surface area contributed by atoms with Crippen LogP contribution in [0.5, 0.6) is 0 Å². The number of rotatable bonds is 10. The molecule has 0 amide bonds. The third kappa shape index (κ3) is 8.98. The molecule has 24 heavy (non-hydrogen) atoms. The van der Waals surface area contributed by atoms with E-state index in [9.17, 15) is 9.59 Å². The molecule has 0 bridgehead atoms. The number of carbonyl (C=O) groups is 2. The van der Waals surface area contributed by atoms with Gasteiger partial charge in [0, 0.05) is 11.6 Å². The van der Waals surface area contributed by atoms with E-state index in [1.165, 1.54) is 0 Å². The van der Waals surface area contributed by atoms with Crippen molar-refractivity contribution in [2.45, 2.75) is 59.1 Å². The zero-order valence-corrected chi connectivity index (χ0v) is 15.8. The quantitative estimate of drug-likeness (QED) is 0.512. The largest absolute Gasteiger partial charge is 0.481 e. The van der Waals surface area contributed by atoms with Crippen LogP contribution < -0.4 is 0 Å². The molecule has 1 heterocycles. The number of esters is 1. The number of carboxylic acids is 1. The smallest absolute Gasteiger partial charge is 0.320 e. The summed E-state index contributed by atoms with van der Waals surface area (Å²) in [5.41, 5.74) is -0.499. The molecule has 0 unspecified atom stereocenters. The van der Waals surface area contributed by atoms with Gasteiger partial charge in [0.05, 0.1) is 19.0 Å². The first-order chi connectivity index (χ1) is 11.2. The van der Waals surface area contributed by atoms with Gasteiger partial charge in [-0.15, -0.1) is 11.3 Å². The fraction of sp³-hybridized carbons (Fsp3) is 0.706. The van der Waals surface area contributed by atoms with Gasteiger partial charge in [0.25, 0.3) is 0 Å². The predicted molar refractivity (Wildman–Crippen MR) is 93.9 cm³/mol. The fourth-order valence-electron chi connectivity index (χ4n) is 2.20. The Balaban J connectivity index is 2.49. The second kappa shape index (κ2) is 9.74. The number of unbranched alkanes of at least 4 members (excludes halogenated alkanes) is 1.